The van der Waals surface area contributed by atoms with Crippen molar-refractivity contribution < 1.29 is 13.9 Å². The quantitative estimate of drug-likeness (QED) is 0.853. The zero-order valence-corrected chi connectivity index (χ0v) is 8.46. The van der Waals surface area contributed by atoms with Crippen molar-refractivity contribution in [1.82, 2.24) is 0 Å². The molecule has 0 aliphatic heterocycles. The molecule has 0 saturated carbocycles. The summed E-state index contributed by atoms with van der Waals surface area (Å²) in [4.78, 5) is 0. The Balaban J connectivity index is 2.48. The predicted molar refractivity (Wildman–Crippen MR) is 55.0 cm³/mol. The minimum Gasteiger partial charge on any atom is -0.459 e. The van der Waals surface area contributed by atoms with E-state index in [9.17, 15) is 4.39 Å². The summed E-state index contributed by atoms with van der Waals surface area (Å²) in [5.74, 6) is 0.349. The molecule has 1 aromatic carbocycles. The molecular weight excluding hydrogens is 219 g/mol. The fraction of sp³-hybridized carbons (Fsp3) is 0.0909. The van der Waals surface area contributed by atoms with Gasteiger partial charge in [0.1, 0.15) is 23.9 Å². The molecule has 1 N–H and O–H groups in total. The van der Waals surface area contributed by atoms with Gasteiger partial charge in [0.15, 0.2) is 0 Å². The van der Waals surface area contributed by atoms with Crippen LogP contribution in [0.15, 0.2) is 34.7 Å². The molecule has 0 amide bonds. The van der Waals surface area contributed by atoms with Crippen LogP contribution in [-0.4, -0.2) is 5.11 Å². The SMILES string of the molecule is OCc1ccc(-c2cc(Cl)ccc2F)o1. The second-order valence-corrected chi connectivity index (χ2v) is 3.48. The van der Waals surface area contributed by atoms with Crippen LogP contribution in [0.2, 0.25) is 5.02 Å². The van der Waals surface area contributed by atoms with Crippen molar-refractivity contribution in [2.24, 2.45) is 0 Å². The van der Waals surface area contributed by atoms with Crippen LogP contribution in [0.5, 0.6) is 0 Å². The zero-order valence-electron chi connectivity index (χ0n) is 7.71. The molecule has 0 aliphatic rings. The van der Waals surface area contributed by atoms with Crippen LogP contribution in [0.3, 0.4) is 0 Å². The summed E-state index contributed by atoms with van der Waals surface area (Å²) in [6.45, 7) is -0.206. The average Bonchev–Trinajstić information content (AvgIpc) is 2.70. The highest BCUT2D eigenvalue weighted by Gasteiger charge is 2.09. The van der Waals surface area contributed by atoms with Crippen molar-refractivity contribution in [1.29, 1.82) is 0 Å². The molecule has 0 bridgehead atoms. The van der Waals surface area contributed by atoms with Crippen LogP contribution < -0.4 is 0 Å². The molecule has 0 saturated heterocycles. The summed E-state index contributed by atoms with van der Waals surface area (Å²) < 4.78 is 18.6. The first kappa shape index (κ1) is 10.2. The Morgan fingerprint density at radius 3 is 2.73 bits per heavy atom. The van der Waals surface area contributed by atoms with Crippen LogP contribution in [-0.2, 0) is 6.61 Å². The lowest BCUT2D eigenvalue weighted by atomic mass is 10.1. The normalized spacial score (nSPS) is 10.6. The lowest BCUT2D eigenvalue weighted by Crippen LogP contribution is -1.82. The molecule has 1 aromatic heterocycles. The number of hydrogen-bond acceptors (Lipinski definition) is 2. The smallest absolute Gasteiger partial charge is 0.137 e. The van der Waals surface area contributed by atoms with Gasteiger partial charge in [0.2, 0.25) is 0 Å². The monoisotopic (exact) mass is 226 g/mol. The van der Waals surface area contributed by atoms with Crippen molar-refractivity contribution in [3.8, 4) is 11.3 Å². The Hall–Kier alpha value is -1.32. The van der Waals surface area contributed by atoms with Crippen molar-refractivity contribution in [2.45, 2.75) is 6.61 Å². The number of aliphatic hydroxyl groups excluding tert-OH is 1. The van der Waals surface area contributed by atoms with Crippen molar-refractivity contribution in [3.63, 3.8) is 0 Å². The maximum atomic E-state index is 13.4. The fourth-order valence-electron chi connectivity index (χ4n) is 1.29. The number of rotatable bonds is 2. The molecular formula is C11H8ClFO2. The second kappa shape index (κ2) is 4.04. The lowest BCUT2D eigenvalue weighted by Gasteiger charge is -1.99. The molecule has 0 unspecified atom stereocenters. The standard InChI is InChI=1S/C11H8ClFO2/c12-7-1-3-10(13)9(5-7)11-4-2-8(6-14)15-11/h1-5,14H,6H2. The van der Waals surface area contributed by atoms with Crippen molar-refractivity contribution in [3.05, 3.63) is 46.9 Å². The molecule has 78 valence electrons. The molecule has 0 atom stereocenters. The molecule has 1 heterocycles. The molecule has 0 fully saturated rings. The Morgan fingerprint density at radius 1 is 1.27 bits per heavy atom. The molecule has 0 spiro atoms. The van der Waals surface area contributed by atoms with Gasteiger partial charge in [0.05, 0.1) is 5.56 Å². The molecule has 0 radical (unpaired) electrons. The third kappa shape index (κ3) is 2.03. The van der Waals surface area contributed by atoms with E-state index in [1.54, 1.807) is 12.1 Å². The highest BCUT2D eigenvalue weighted by Crippen LogP contribution is 2.27. The van der Waals surface area contributed by atoms with E-state index in [1.807, 2.05) is 0 Å². The van der Waals surface area contributed by atoms with E-state index in [1.165, 1.54) is 18.2 Å². The predicted octanol–water partition coefficient (Wildman–Crippen LogP) is 3.23. The third-order valence-corrected chi connectivity index (χ3v) is 2.25. The minimum atomic E-state index is -0.404. The van der Waals surface area contributed by atoms with Gasteiger partial charge in [-0.15, -0.1) is 0 Å². The minimum absolute atomic E-state index is 0.206. The van der Waals surface area contributed by atoms with Crippen LogP contribution in [0.25, 0.3) is 11.3 Å². The highest BCUT2D eigenvalue weighted by molar-refractivity contribution is 6.30. The number of furan rings is 1. The van der Waals surface area contributed by atoms with Gasteiger partial charge in [-0.05, 0) is 30.3 Å². The second-order valence-electron chi connectivity index (χ2n) is 3.05. The summed E-state index contributed by atoms with van der Waals surface area (Å²) in [6.07, 6.45) is 0. The van der Waals surface area contributed by atoms with Gasteiger partial charge in [-0.1, -0.05) is 11.6 Å². The van der Waals surface area contributed by atoms with E-state index in [2.05, 4.69) is 0 Å². The van der Waals surface area contributed by atoms with Crippen LogP contribution >= 0.6 is 11.6 Å². The van der Waals surface area contributed by atoms with E-state index in [0.717, 1.165) is 0 Å². The van der Waals surface area contributed by atoms with Gasteiger partial charge in [-0.2, -0.15) is 0 Å². The Morgan fingerprint density at radius 2 is 2.07 bits per heavy atom. The summed E-state index contributed by atoms with van der Waals surface area (Å²) in [5, 5.41) is 9.25. The van der Waals surface area contributed by atoms with E-state index in [0.29, 0.717) is 22.1 Å². The third-order valence-electron chi connectivity index (χ3n) is 2.01. The van der Waals surface area contributed by atoms with Gasteiger partial charge in [-0.25, -0.2) is 4.39 Å². The van der Waals surface area contributed by atoms with Gasteiger partial charge >= 0.3 is 0 Å². The molecule has 2 aromatic rings. The maximum absolute atomic E-state index is 13.4. The fourth-order valence-corrected chi connectivity index (χ4v) is 1.47. The summed E-state index contributed by atoms with van der Waals surface area (Å²) in [6, 6.07) is 7.42. The van der Waals surface area contributed by atoms with Crippen molar-refractivity contribution in [2.75, 3.05) is 0 Å². The first-order valence-corrected chi connectivity index (χ1v) is 4.73. The van der Waals surface area contributed by atoms with Crippen LogP contribution in [0.4, 0.5) is 4.39 Å². The Kier molecular flexibility index (Phi) is 2.75. The van der Waals surface area contributed by atoms with Gasteiger partial charge in [0.25, 0.3) is 0 Å². The molecule has 15 heavy (non-hydrogen) atoms. The summed E-state index contributed by atoms with van der Waals surface area (Å²) in [7, 11) is 0. The Bertz CT molecular complexity index is 479. The van der Waals surface area contributed by atoms with E-state index in [4.69, 9.17) is 21.1 Å². The Labute approximate surface area is 90.9 Å². The van der Waals surface area contributed by atoms with Gasteiger partial charge in [-0.3, -0.25) is 0 Å². The summed E-state index contributed by atoms with van der Waals surface area (Å²) >= 11 is 5.75. The molecule has 0 aliphatic carbocycles. The first-order chi connectivity index (χ1) is 7.20. The number of benzene rings is 1. The largest absolute Gasteiger partial charge is 0.459 e. The summed E-state index contributed by atoms with van der Waals surface area (Å²) in [5.41, 5.74) is 0.294. The number of halogens is 2. The number of aliphatic hydroxyl groups is 1. The van der Waals surface area contributed by atoms with Gasteiger partial charge < -0.3 is 9.52 Å². The molecule has 4 heteroatoms. The number of hydrogen-bond donors (Lipinski definition) is 1. The van der Waals surface area contributed by atoms with Crippen LogP contribution in [0, 0.1) is 5.82 Å². The topological polar surface area (TPSA) is 33.4 Å². The highest BCUT2D eigenvalue weighted by atomic mass is 35.5. The zero-order chi connectivity index (χ0) is 10.8. The molecule has 2 nitrogen and oxygen atoms in total. The lowest BCUT2D eigenvalue weighted by molar-refractivity contribution is 0.248. The van der Waals surface area contributed by atoms with E-state index < -0.39 is 5.82 Å². The molecule has 2 rings (SSSR count). The maximum Gasteiger partial charge on any atom is 0.137 e. The van der Waals surface area contributed by atoms with Crippen LogP contribution in [0.1, 0.15) is 5.76 Å². The average molecular weight is 227 g/mol. The van der Waals surface area contributed by atoms with Crippen molar-refractivity contribution >= 4 is 11.6 Å². The van der Waals surface area contributed by atoms with E-state index >= 15 is 0 Å². The first-order valence-electron chi connectivity index (χ1n) is 4.35. The van der Waals surface area contributed by atoms with E-state index in [-0.39, 0.29) is 6.61 Å². The van der Waals surface area contributed by atoms with Gasteiger partial charge in [0, 0.05) is 5.02 Å².